The Kier molecular flexibility index (Phi) is 5.00. The molecule has 0 aromatic carbocycles. The molecule has 3 amide bonds. The minimum absolute atomic E-state index is 0.116. The molecule has 0 radical (unpaired) electrons. The second-order valence-corrected chi connectivity index (χ2v) is 6.40. The number of aliphatic hydroxyl groups excluding tert-OH is 1. The van der Waals surface area contributed by atoms with E-state index in [0.29, 0.717) is 18.7 Å². The molecule has 0 aliphatic carbocycles. The van der Waals surface area contributed by atoms with Gasteiger partial charge in [0.15, 0.2) is 0 Å². The zero-order valence-corrected chi connectivity index (χ0v) is 13.6. The van der Waals surface area contributed by atoms with E-state index in [0.717, 1.165) is 6.42 Å². The number of nitrogens with one attached hydrogen (secondary N) is 3. The van der Waals surface area contributed by atoms with Crippen LogP contribution in [0.15, 0.2) is 12.5 Å². The number of nitrogens with zero attached hydrogens (tertiary/aromatic N) is 2. The van der Waals surface area contributed by atoms with Gasteiger partial charge in [0, 0.05) is 24.9 Å². The number of nitrogens with two attached hydrogens (primary N) is 1. The summed E-state index contributed by atoms with van der Waals surface area (Å²) < 4.78 is 0. The zero-order valence-electron chi connectivity index (χ0n) is 13.6. The summed E-state index contributed by atoms with van der Waals surface area (Å²) in [7, 11) is 0. The Labute approximate surface area is 144 Å². The van der Waals surface area contributed by atoms with Gasteiger partial charge < -0.3 is 31.4 Å². The molecule has 3 rings (SSSR count). The van der Waals surface area contributed by atoms with E-state index >= 15 is 0 Å². The fourth-order valence-electron chi connectivity index (χ4n) is 3.23. The van der Waals surface area contributed by atoms with Crippen LogP contribution in [-0.4, -0.2) is 68.6 Å². The molecule has 2 aliphatic rings. The van der Waals surface area contributed by atoms with Crippen molar-refractivity contribution in [1.29, 1.82) is 0 Å². The van der Waals surface area contributed by atoms with Crippen LogP contribution in [0.2, 0.25) is 0 Å². The van der Waals surface area contributed by atoms with E-state index < -0.39 is 30.3 Å². The van der Waals surface area contributed by atoms with Gasteiger partial charge in [-0.05, 0) is 12.8 Å². The lowest BCUT2D eigenvalue weighted by Crippen LogP contribution is -2.61. The lowest BCUT2D eigenvalue weighted by atomic mass is 10.0. The van der Waals surface area contributed by atoms with Crippen molar-refractivity contribution in [2.75, 3.05) is 6.54 Å². The molecule has 3 heterocycles. The summed E-state index contributed by atoms with van der Waals surface area (Å²) in [6, 6.07) is -1.90. The van der Waals surface area contributed by atoms with Crippen molar-refractivity contribution < 1.29 is 19.5 Å². The molecule has 0 spiro atoms. The number of amides is 3. The Morgan fingerprint density at radius 2 is 2.28 bits per heavy atom. The second-order valence-electron chi connectivity index (χ2n) is 6.40. The molecular formula is C15H22N6O4. The first-order chi connectivity index (χ1) is 12.0. The molecule has 2 fully saturated rings. The number of hydrogen-bond donors (Lipinski definition) is 5. The number of aliphatic hydroxyl groups is 1. The van der Waals surface area contributed by atoms with E-state index in [9.17, 15) is 19.5 Å². The van der Waals surface area contributed by atoms with Crippen LogP contribution < -0.4 is 16.4 Å². The van der Waals surface area contributed by atoms with Gasteiger partial charge in [-0.1, -0.05) is 0 Å². The summed E-state index contributed by atoms with van der Waals surface area (Å²) >= 11 is 0. The van der Waals surface area contributed by atoms with Crippen LogP contribution in [0, 0.1) is 0 Å². The van der Waals surface area contributed by atoms with Gasteiger partial charge in [0.2, 0.25) is 17.7 Å². The minimum Gasteiger partial charge on any atom is -0.377 e. The van der Waals surface area contributed by atoms with Gasteiger partial charge in [-0.25, -0.2) is 4.98 Å². The molecule has 25 heavy (non-hydrogen) atoms. The third-order valence-electron chi connectivity index (χ3n) is 4.61. The highest BCUT2D eigenvalue weighted by Crippen LogP contribution is 2.20. The van der Waals surface area contributed by atoms with Gasteiger partial charge >= 0.3 is 0 Å². The molecule has 1 aromatic rings. The highest BCUT2D eigenvalue weighted by Gasteiger charge is 2.39. The van der Waals surface area contributed by atoms with E-state index in [2.05, 4.69) is 20.6 Å². The maximum absolute atomic E-state index is 12.9. The molecule has 4 atom stereocenters. The maximum Gasteiger partial charge on any atom is 0.245 e. The minimum atomic E-state index is -1.12. The number of H-pyrrole nitrogens is 1. The lowest BCUT2D eigenvalue weighted by Gasteiger charge is -2.32. The topological polar surface area (TPSA) is 153 Å². The Morgan fingerprint density at radius 3 is 2.88 bits per heavy atom. The quantitative estimate of drug-likeness (QED) is 0.284. The Balaban J connectivity index is 1.71. The predicted octanol–water partition coefficient (Wildman–Crippen LogP) is -2.41. The summed E-state index contributed by atoms with van der Waals surface area (Å²) in [4.78, 5) is 44.5. The van der Waals surface area contributed by atoms with Crippen LogP contribution in [0.25, 0.3) is 0 Å². The lowest BCUT2D eigenvalue weighted by molar-refractivity contribution is -0.141. The molecule has 10 heteroatoms. The van der Waals surface area contributed by atoms with Crippen molar-refractivity contribution in [1.82, 2.24) is 25.5 Å². The van der Waals surface area contributed by atoms with E-state index in [1.807, 2.05) is 0 Å². The molecule has 6 N–H and O–H groups in total. The first-order valence-electron chi connectivity index (χ1n) is 8.27. The monoisotopic (exact) mass is 350 g/mol. The van der Waals surface area contributed by atoms with Gasteiger partial charge in [0.25, 0.3) is 0 Å². The van der Waals surface area contributed by atoms with Crippen molar-refractivity contribution in [2.24, 2.45) is 5.73 Å². The Morgan fingerprint density at radius 1 is 1.52 bits per heavy atom. The highest BCUT2D eigenvalue weighted by molar-refractivity contribution is 5.99. The number of β-lactam (4-membered cyclic amide) rings is 1. The van der Waals surface area contributed by atoms with E-state index in [1.54, 1.807) is 6.20 Å². The van der Waals surface area contributed by atoms with E-state index in [-0.39, 0.29) is 24.7 Å². The first-order valence-corrected chi connectivity index (χ1v) is 8.27. The number of carbonyl (C=O) groups excluding carboxylic acids is 3. The third-order valence-corrected chi connectivity index (χ3v) is 4.61. The molecule has 2 saturated heterocycles. The second kappa shape index (κ2) is 7.19. The molecular weight excluding hydrogens is 328 g/mol. The molecule has 0 bridgehead atoms. The van der Waals surface area contributed by atoms with Crippen LogP contribution >= 0.6 is 0 Å². The number of likely N-dealkylation sites (tertiary alicyclic amines) is 1. The van der Waals surface area contributed by atoms with Crippen LogP contribution in [0.3, 0.4) is 0 Å². The molecule has 1 aromatic heterocycles. The smallest absolute Gasteiger partial charge is 0.245 e. The average molecular weight is 350 g/mol. The van der Waals surface area contributed by atoms with Gasteiger partial charge in [0.1, 0.15) is 18.3 Å². The van der Waals surface area contributed by atoms with Crippen LogP contribution in [0.4, 0.5) is 0 Å². The van der Waals surface area contributed by atoms with Crippen molar-refractivity contribution in [3.8, 4) is 0 Å². The largest absolute Gasteiger partial charge is 0.377 e. The van der Waals surface area contributed by atoms with Crippen molar-refractivity contribution in [2.45, 2.75) is 50.0 Å². The number of hydrogen-bond acceptors (Lipinski definition) is 6. The predicted molar refractivity (Wildman–Crippen MR) is 85.7 cm³/mol. The van der Waals surface area contributed by atoms with Crippen molar-refractivity contribution >= 4 is 17.7 Å². The van der Waals surface area contributed by atoms with Crippen molar-refractivity contribution in [3.63, 3.8) is 0 Å². The summed E-state index contributed by atoms with van der Waals surface area (Å²) in [6.07, 6.45) is 3.66. The summed E-state index contributed by atoms with van der Waals surface area (Å²) in [5, 5.41) is 14.9. The molecule has 2 aliphatic heterocycles. The summed E-state index contributed by atoms with van der Waals surface area (Å²) in [5.41, 5.74) is 6.26. The third kappa shape index (κ3) is 3.80. The molecule has 0 saturated carbocycles. The van der Waals surface area contributed by atoms with E-state index in [1.165, 1.54) is 11.2 Å². The Bertz CT molecular complexity index is 638. The number of rotatable bonds is 6. The van der Waals surface area contributed by atoms with Crippen molar-refractivity contribution in [3.05, 3.63) is 18.2 Å². The number of imidazole rings is 1. The van der Waals surface area contributed by atoms with Gasteiger partial charge in [-0.2, -0.15) is 0 Å². The Hall–Kier alpha value is -2.46. The zero-order chi connectivity index (χ0) is 18.0. The highest BCUT2D eigenvalue weighted by atomic mass is 16.3. The van der Waals surface area contributed by atoms with Crippen LogP contribution in [-0.2, 0) is 20.8 Å². The van der Waals surface area contributed by atoms with Gasteiger partial charge in [-0.15, -0.1) is 0 Å². The SMILES string of the molecule is NC(O)C1CCCN1C(=O)C(Cc1cnc[nH]1)NC(=O)C1CC(=O)N1. The fourth-order valence-corrected chi connectivity index (χ4v) is 3.23. The van der Waals surface area contributed by atoms with Crippen LogP contribution in [0.5, 0.6) is 0 Å². The van der Waals surface area contributed by atoms with Gasteiger partial charge in [-0.3, -0.25) is 14.4 Å². The molecule has 136 valence electrons. The van der Waals surface area contributed by atoms with Gasteiger partial charge in [0.05, 0.1) is 18.8 Å². The average Bonchev–Trinajstić information content (AvgIpc) is 3.21. The fraction of sp³-hybridized carbons (Fsp3) is 0.600. The molecule has 4 unspecified atom stereocenters. The number of carbonyl (C=O) groups is 3. The number of aromatic nitrogens is 2. The van der Waals surface area contributed by atoms with E-state index in [4.69, 9.17) is 5.73 Å². The molecule has 10 nitrogen and oxygen atoms in total. The number of aromatic amines is 1. The maximum atomic E-state index is 12.9. The summed E-state index contributed by atoms with van der Waals surface area (Å²) in [6.45, 7) is 0.479. The summed E-state index contributed by atoms with van der Waals surface area (Å²) in [5.74, 6) is -0.899. The standard InChI is InChI=1S/C15H22N6O4/c16-13(23)11-2-1-3-21(11)15(25)10(4-8-6-17-7-18-8)20-14(24)9-5-12(22)19-9/h6-7,9-11,13,23H,1-5,16H2,(H,17,18)(H,19,22)(H,20,24). The normalized spacial score (nSPS) is 25.0. The first kappa shape index (κ1) is 17.4. The van der Waals surface area contributed by atoms with Crippen LogP contribution in [0.1, 0.15) is 25.0 Å².